The van der Waals surface area contributed by atoms with Crippen LogP contribution < -0.4 is 0 Å². The maximum absolute atomic E-state index is 13.5. The molecule has 0 atom stereocenters. The predicted molar refractivity (Wildman–Crippen MR) is 55.3 cm³/mol. The first-order valence-corrected chi connectivity index (χ1v) is 5.06. The highest BCUT2D eigenvalue weighted by atomic mass is 19.1. The molecular weight excluding hydrogens is 212 g/mol. The molecule has 0 bridgehead atoms. The van der Waals surface area contributed by atoms with Gasteiger partial charge in [-0.15, -0.1) is 0 Å². The summed E-state index contributed by atoms with van der Waals surface area (Å²) in [5, 5.41) is 0. The van der Waals surface area contributed by atoms with Gasteiger partial charge in [-0.1, -0.05) is 6.92 Å². The minimum atomic E-state index is -0.685. The molecule has 0 fully saturated rings. The molecule has 84 valence electrons. The lowest BCUT2D eigenvalue weighted by Crippen LogP contribution is -2.05. The van der Waals surface area contributed by atoms with Gasteiger partial charge in [0, 0.05) is 24.9 Å². The standard InChI is InChI=1S/C11H11F2N3/c1-2-3-10-14-4-5-16(10)11-9(13)6-8(12)7-15-11/h4-7H,2-3H2,1H3. The van der Waals surface area contributed by atoms with Gasteiger partial charge < -0.3 is 0 Å². The van der Waals surface area contributed by atoms with Crippen molar-refractivity contribution in [3.8, 4) is 5.82 Å². The van der Waals surface area contributed by atoms with Crippen molar-refractivity contribution in [2.45, 2.75) is 19.8 Å². The number of hydrogen-bond donors (Lipinski definition) is 0. The van der Waals surface area contributed by atoms with Gasteiger partial charge in [-0.2, -0.15) is 0 Å². The summed E-state index contributed by atoms with van der Waals surface area (Å²) in [5.41, 5.74) is 0. The molecule has 0 saturated carbocycles. The fourth-order valence-electron chi connectivity index (χ4n) is 1.52. The average Bonchev–Trinajstić information content (AvgIpc) is 2.67. The first-order chi connectivity index (χ1) is 7.72. The molecule has 0 aliphatic rings. The Kier molecular flexibility index (Phi) is 2.94. The molecule has 0 unspecified atom stereocenters. The molecule has 0 spiro atoms. The molecule has 2 heterocycles. The maximum atomic E-state index is 13.5. The van der Waals surface area contributed by atoms with E-state index in [4.69, 9.17) is 0 Å². The number of aryl methyl sites for hydroxylation is 1. The van der Waals surface area contributed by atoms with Crippen molar-refractivity contribution in [3.05, 3.63) is 42.1 Å². The van der Waals surface area contributed by atoms with Crippen molar-refractivity contribution in [1.82, 2.24) is 14.5 Å². The van der Waals surface area contributed by atoms with E-state index in [0.29, 0.717) is 0 Å². The van der Waals surface area contributed by atoms with Crippen LogP contribution in [0.25, 0.3) is 5.82 Å². The van der Waals surface area contributed by atoms with Gasteiger partial charge in [0.25, 0.3) is 0 Å². The largest absolute Gasteiger partial charge is 0.285 e. The minimum Gasteiger partial charge on any atom is -0.285 e. The number of nitrogens with zero attached hydrogens (tertiary/aromatic N) is 3. The van der Waals surface area contributed by atoms with Crippen LogP contribution in [-0.4, -0.2) is 14.5 Å². The highest BCUT2D eigenvalue weighted by molar-refractivity contribution is 5.26. The quantitative estimate of drug-likeness (QED) is 0.800. The van der Waals surface area contributed by atoms with Gasteiger partial charge in [0.2, 0.25) is 0 Å². The van der Waals surface area contributed by atoms with E-state index in [9.17, 15) is 8.78 Å². The number of pyridine rings is 1. The van der Waals surface area contributed by atoms with Crippen LogP contribution in [0.15, 0.2) is 24.7 Å². The molecule has 2 aromatic heterocycles. The second-order valence-corrected chi connectivity index (χ2v) is 3.42. The van der Waals surface area contributed by atoms with E-state index in [1.165, 1.54) is 4.57 Å². The fourth-order valence-corrected chi connectivity index (χ4v) is 1.52. The Hall–Kier alpha value is -1.78. The van der Waals surface area contributed by atoms with Gasteiger partial charge in [0.05, 0.1) is 6.20 Å². The zero-order valence-corrected chi connectivity index (χ0v) is 8.82. The third-order valence-electron chi connectivity index (χ3n) is 2.21. The number of hydrogen-bond acceptors (Lipinski definition) is 2. The molecule has 2 rings (SSSR count). The number of rotatable bonds is 3. The lowest BCUT2D eigenvalue weighted by atomic mass is 10.3. The van der Waals surface area contributed by atoms with Gasteiger partial charge in [0.15, 0.2) is 11.6 Å². The molecule has 0 aromatic carbocycles. The van der Waals surface area contributed by atoms with Crippen LogP contribution in [0.3, 0.4) is 0 Å². The van der Waals surface area contributed by atoms with Gasteiger partial charge in [-0.05, 0) is 6.42 Å². The number of imidazole rings is 1. The summed E-state index contributed by atoms with van der Waals surface area (Å²) in [6.07, 6.45) is 5.82. The third-order valence-corrected chi connectivity index (χ3v) is 2.21. The Morgan fingerprint density at radius 3 is 2.81 bits per heavy atom. The first kappa shape index (κ1) is 10.7. The first-order valence-electron chi connectivity index (χ1n) is 5.06. The summed E-state index contributed by atoms with van der Waals surface area (Å²) >= 11 is 0. The second-order valence-electron chi connectivity index (χ2n) is 3.42. The predicted octanol–water partition coefficient (Wildman–Crippen LogP) is 2.50. The van der Waals surface area contributed by atoms with Crippen molar-refractivity contribution in [2.75, 3.05) is 0 Å². The van der Waals surface area contributed by atoms with E-state index in [-0.39, 0.29) is 5.82 Å². The summed E-state index contributed by atoms with van der Waals surface area (Å²) in [6.45, 7) is 2.01. The van der Waals surface area contributed by atoms with Crippen molar-refractivity contribution < 1.29 is 8.78 Å². The van der Waals surface area contributed by atoms with Crippen molar-refractivity contribution in [1.29, 1.82) is 0 Å². The fraction of sp³-hybridized carbons (Fsp3) is 0.273. The summed E-state index contributed by atoms with van der Waals surface area (Å²) in [6, 6.07) is 0.818. The minimum absolute atomic E-state index is 0.0855. The highest BCUT2D eigenvalue weighted by Crippen LogP contribution is 2.14. The SMILES string of the molecule is CCCc1nccn1-c1ncc(F)cc1F. The van der Waals surface area contributed by atoms with Crippen molar-refractivity contribution >= 4 is 0 Å². The van der Waals surface area contributed by atoms with Gasteiger partial charge >= 0.3 is 0 Å². The molecule has 0 saturated heterocycles. The maximum Gasteiger partial charge on any atom is 0.174 e. The lowest BCUT2D eigenvalue weighted by Gasteiger charge is -2.06. The van der Waals surface area contributed by atoms with Crippen LogP contribution in [0.1, 0.15) is 19.2 Å². The zero-order chi connectivity index (χ0) is 11.5. The van der Waals surface area contributed by atoms with E-state index < -0.39 is 11.6 Å². The molecule has 0 aliphatic carbocycles. The topological polar surface area (TPSA) is 30.7 Å². The van der Waals surface area contributed by atoms with E-state index in [1.54, 1.807) is 12.4 Å². The Labute approximate surface area is 91.8 Å². The molecule has 0 aliphatic heterocycles. The summed E-state index contributed by atoms with van der Waals surface area (Å²) in [4.78, 5) is 7.84. The monoisotopic (exact) mass is 223 g/mol. The Bertz CT molecular complexity index is 494. The van der Waals surface area contributed by atoms with E-state index >= 15 is 0 Å². The van der Waals surface area contributed by atoms with Crippen LogP contribution >= 0.6 is 0 Å². The van der Waals surface area contributed by atoms with Crippen LogP contribution in [-0.2, 0) is 6.42 Å². The molecule has 3 nitrogen and oxygen atoms in total. The Morgan fingerprint density at radius 2 is 2.12 bits per heavy atom. The zero-order valence-electron chi connectivity index (χ0n) is 8.82. The third kappa shape index (κ3) is 1.93. The van der Waals surface area contributed by atoms with Crippen molar-refractivity contribution in [2.24, 2.45) is 0 Å². The molecule has 2 aromatic rings. The van der Waals surface area contributed by atoms with E-state index in [1.807, 2.05) is 6.92 Å². The number of aromatic nitrogens is 3. The smallest absolute Gasteiger partial charge is 0.174 e. The Morgan fingerprint density at radius 1 is 1.31 bits per heavy atom. The average molecular weight is 223 g/mol. The second kappa shape index (κ2) is 4.38. The molecule has 0 amide bonds. The summed E-state index contributed by atoms with van der Waals surface area (Å²) in [7, 11) is 0. The van der Waals surface area contributed by atoms with Crippen LogP contribution in [0.4, 0.5) is 8.78 Å². The number of halogens is 2. The van der Waals surface area contributed by atoms with E-state index in [0.717, 1.165) is 30.9 Å². The van der Waals surface area contributed by atoms with Gasteiger partial charge in [-0.25, -0.2) is 18.7 Å². The molecule has 16 heavy (non-hydrogen) atoms. The van der Waals surface area contributed by atoms with Crippen LogP contribution in [0.5, 0.6) is 0 Å². The summed E-state index contributed by atoms with van der Waals surface area (Å²) in [5.74, 6) is -0.559. The summed E-state index contributed by atoms with van der Waals surface area (Å²) < 4.78 is 27.7. The van der Waals surface area contributed by atoms with Crippen molar-refractivity contribution in [3.63, 3.8) is 0 Å². The van der Waals surface area contributed by atoms with Crippen LogP contribution in [0, 0.1) is 11.6 Å². The molecule has 0 radical (unpaired) electrons. The Balaban J connectivity index is 2.46. The lowest BCUT2D eigenvalue weighted by molar-refractivity contribution is 0.563. The van der Waals surface area contributed by atoms with Crippen LogP contribution in [0.2, 0.25) is 0 Å². The van der Waals surface area contributed by atoms with Gasteiger partial charge in [0.1, 0.15) is 11.6 Å². The normalized spacial score (nSPS) is 10.7. The molecule has 5 heteroatoms. The molecule has 0 N–H and O–H groups in total. The molecular formula is C11H11F2N3. The highest BCUT2D eigenvalue weighted by Gasteiger charge is 2.11. The van der Waals surface area contributed by atoms with Gasteiger partial charge in [-0.3, -0.25) is 4.57 Å². The van der Waals surface area contributed by atoms with E-state index in [2.05, 4.69) is 9.97 Å².